The quantitative estimate of drug-likeness (QED) is 0.931. The van der Waals surface area contributed by atoms with Gasteiger partial charge in [-0.1, -0.05) is 24.3 Å². The summed E-state index contributed by atoms with van der Waals surface area (Å²) in [6.45, 7) is 7.43. The van der Waals surface area contributed by atoms with Gasteiger partial charge in [0.25, 0.3) is 0 Å². The molecule has 1 heterocycles. The molecule has 0 spiro atoms. The predicted molar refractivity (Wildman–Crippen MR) is 91.6 cm³/mol. The molecule has 4 heteroatoms. The molecule has 1 aliphatic heterocycles. The maximum absolute atomic E-state index is 12.3. The summed E-state index contributed by atoms with van der Waals surface area (Å²) < 4.78 is 5.53. The summed E-state index contributed by atoms with van der Waals surface area (Å²) in [5.74, 6) is 0. The number of ether oxygens (including phenoxy) is 1. The first-order valence-corrected chi connectivity index (χ1v) is 8.72. The topological polar surface area (TPSA) is 41.6 Å². The minimum absolute atomic E-state index is 0.170. The number of fused-ring (bicyclic) bond motifs is 1. The van der Waals surface area contributed by atoms with Crippen LogP contribution in [0.4, 0.5) is 4.79 Å². The fourth-order valence-electron chi connectivity index (χ4n) is 3.61. The first-order chi connectivity index (χ1) is 10.9. The van der Waals surface area contributed by atoms with Crippen molar-refractivity contribution in [3.8, 4) is 0 Å². The van der Waals surface area contributed by atoms with Gasteiger partial charge < -0.3 is 15.0 Å². The molecule has 1 amide bonds. The van der Waals surface area contributed by atoms with E-state index in [4.69, 9.17) is 4.74 Å². The molecule has 1 unspecified atom stereocenters. The number of hydrogen-bond acceptors (Lipinski definition) is 3. The molecule has 1 N–H and O–H groups in total. The van der Waals surface area contributed by atoms with E-state index in [-0.39, 0.29) is 12.1 Å². The standard InChI is InChI=1S/C19H28N2O2/c1-19(2,3)23-18(22)21-10-6-9-17(21)13-20-16-11-14-7-4-5-8-15(14)12-16/h4-5,7-8,16-17,20H,6,9-13H2,1-3H3. The van der Waals surface area contributed by atoms with Crippen molar-refractivity contribution in [2.45, 2.75) is 64.1 Å². The van der Waals surface area contributed by atoms with Crippen LogP contribution in [-0.4, -0.2) is 41.8 Å². The third-order valence-corrected chi connectivity index (χ3v) is 4.70. The minimum atomic E-state index is -0.426. The lowest BCUT2D eigenvalue weighted by atomic mass is 10.1. The molecule has 1 aromatic rings. The largest absolute Gasteiger partial charge is 0.444 e. The van der Waals surface area contributed by atoms with Gasteiger partial charge in [0.2, 0.25) is 0 Å². The average molecular weight is 316 g/mol. The van der Waals surface area contributed by atoms with Crippen LogP contribution in [0.15, 0.2) is 24.3 Å². The van der Waals surface area contributed by atoms with Crippen molar-refractivity contribution in [3.63, 3.8) is 0 Å². The van der Waals surface area contributed by atoms with E-state index >= 15 is 0 Å². The van der Waals surface area contributed by atoms with Gasteiger partial charge in [0.05, 0.1) is 0 Å². The van der Waals surface area contributed by atoms with Gasteiger partial charge in [-0.05, 0) is 57.6 Å². The molecule has 1 aromatic carbocycles. The number of rotatable bonds is 3. The Bertz CT molecular complexity index is 540. The Morgan fingerprint density at radius 3 is 2.52 bits per heavy atom. The maximum Gasteiger partial charge on any atom is 0.410 e. The molecular formula is C19H28N2O2. The summed E-state index contributed by atoms with van der Waals surface area (Å²) in [5.41, 5.74) is 2.49. The molecular weight excluding hydrogens is 288 g/mol. The van der Waals surface area contributed by atoms with Crippen LogP contribution in [-0.2, 0) is 17.6 Å². The number of amides is 1. The summed E-state index contributed by atoms with van der Waals surface area (Å²) in [7, 11) is 0. The number of nitrogens with zero attached hydrogens (tertiary/aromatic N) is 1. The summed E-state index contributed by atoms with van der Waals surface area (Å²) in [5, 5.41) is 3.67. The predicted octanol–water partition coefficient (Wildman–Crippen LogP) is 3.14. The van der Waals surface area contributed by atoms with Crippen molar-refractivity contribution >= 4 is 6.09 Å². The van der Waals surface area contributed by atoms with Crippen LogP contribution in [0.25, 0.3) is 0 Å². The fraction of sp³-hybridized carbons (Fsp3) is 0.632. The minimum Gasteiger partial charge on any atom is -0.444 e. The van der Waals surface area contributed by atoms with Gasteiger partial charge in [0.1, 0.15) is 5.60 Å². The third-order valence-electron chi connectivity index (χ3n) is 4.70. The molecule has 0 aromatic heterocycles. The Hall–Kier alpha value is -1.55. The molecule has 0 saturated carbocycles. The second-order valence-corrected chi connectivity index (χ2v) is 7.75. The SMILES string of the molecule is CC(C)(C)OC(=O)N1CCCC1CNC1Cc2ccccc2C1. The van der Waals surface area contributed by atoms with Crippen LogP contribution in [0.2, 0.25) is 0 Å². The van der Waals surface area contributed by atoms with Gasteiger partial charge in [0, 0.05) is 25.2 Å². The van der Waals surface area contributed by atoms with Crippen molar-refractivity contribution in [1.29, 1.82) is 0 Å². The van der Waals surface area contributed by atoms with E-state index in [2.05, 4.69) is 29.6 Å². The van der Waals surface area contributed by atoms with Gasteiger partial charge in [-0.15, -0.1) is 0 Å². The van der Waals surface area contributed by atoms with E-state index in [1.54, 1.807) is 0 Å². The molecule has 1 fully saturated rings. The Morgan fingerprint density at radius 2 is 1.91 bits per heavy atom. The lowest BCUT2D eigenvalue weighted by molar-refractivity contribution is 0.0225. The molecule has 126 valence electrons. The molecule has 1 aliphatic carbocycles. The summed E-state index contributed by atoms with van der Waals surface area (Å²) >= 11 is 0. The zero-order chi connectivity index (χ0) is 16.4. The smallest absolute Gasteiger partial charge is 0.410 e. The van der Waals surface area contributed by atoms with Crippen molar-refractivity contribution in [1.82, 2.24) is 10.2 Å². The van der Waals surface area contributed by atoms with E-state index < -0.39 is 5.60 Å². The van der Waals surface area contributed by atoms with Crippen LogP contribution in [0.1, 0.15) is 44.7 Å². The average Bonchev–Trinajstić information content (AvgIpc) is 3.09. The number of benzene rings is 1. The van der Waals surface area contributed by atoms with E-state index in [0.29, 0.717) is 6.04 Å². The lowest BCUT2D eigenvalue weighted by Crippen LogP contribution is -2.46. The molecule has 0 bridgehead atoms. The molecule has 0 radical (unpaired) electrons. The Balaban J connectivity index is 1.51. The Labute approximate surface area is 139 Å². The van der Waals surface area contributed by atoms with Gasteiger partial charge in [-0.3, -0.25) is 0 Å². The Morgan fingerprint density at radius 1 is 1.26 bits per heavy atom. The summed E-state index contributed by atoms with van der Waals surface area (Å²) in [6, 6.07) is 9.42. The van der Waals surface area contributed by atoms with E-state index in [1.165, 1.54) is 11.1 Å². The maximum atomic E-state index is 12.3. The summed E-state index contributed by atoms with van der Waals surface area (Å²) in [4.78, 5) is 14.2. The zero-order valence-electron chi connectivity index (χ0n) is 14.5. The van der Waals surface area contributed by atoms with Crippen molar-refractivity contribution in [2.75, 3.05) is 13.1 Å². The molecule has 23 heavy (non-hydrogen) atoms. The van der Waals surface area contributed by atoms with Gasteiger partial charge in [-0.25, -0.2) is 4.79 Å². The van der Waals surface area contributed by atoms with Crippen molar-refractivity contribution in [3.05, 3.63) is 35.4 Å². The van der Waals surface area contributed by atoms with E-state index in [0.717, 1.165) is 38.8 Å². The second-order valence-electron chi connectivity index (χ2n) is 7.75. The summed E-state index contributed by atoms with van der Waals surface area (Å²) in [6.07, 6.45) is 4.14. The number of carbonyl (C=O) groups is 1. The van der Waals surface area contributed by atoms with Crippen LogP contribution in [0.5, 0.6) is 0 Å². The van der Waals surface area contributed by atoms with Crippen LogP contribution < -0.4 is 5.32 Å². The monoisotopic (exact) mass is 316 g/mol. The van der Waals surface area contributed by atoms with Gasteiger partial charge >= 0.3 is 6.09 Å². The molecule has 1 saturated heterocycles. The van der Waals surface area contributed by atoms with Crippen molar-refractivity contribution in [2.24, 2.45) is 0 Å². The van der Waals surface area contributed by atoms with Crippen LogP contribution in [0.3, 0.4) is 0 Å². The second kappa shape index (κ2) is 6.52. The van der Waals surface area contributed by atoms with Gasteiger partial charge in [0.15, 0.2) is 0 Å². The van der Waals surface area contributed by atoms with Crippen LogP contribution >= 0.6 is 0 Å². The van der Waals surface area contributed by atoms with Crippen LogP contribution in [0, 0.1) is 0 Å². The van der Waals surface area contributed by atoms with E-state index in [9.17, 15) is 4.79 Å². The first kappa shape index (κ1) is 16.3. The zero-order valence-corrected chi connectivity index (χ0v) is 14.5. The molecule has 4 nitrogen and oxygen atoms in total. The molecule has 2 aliphatic rings. The lowest BCUT2D eigenvalue weighted by Gasteiger charge is -2.29. The highest BCUT2D eigenvalue weighted by atomic mass is 16.6. The normalized spacial score (nSPS) is 21.5. The highest BCUT2D eigenvalue weighted by Crippen LogP contribution is 2.23. The highest BCUT2D eigenvalue weighted by Gasteiger charge is 2.32. The first-order valence-electron chi connectivity index (χ1n) is 8.72. The number of carbonyl (C=O) groups excluding carboxylic acids is 1. The number of nitrogens with one attached hydrogen (secondary N) is 1. The fourth-order valence-corrected chi connectivity index (χ4v) is 3.61. The number of likely N-dealkylation sites (tertiary alicyclic amines) is 1. The molecule has 1 atom stereocenters. The van der Waals surface area contributed by atoms with E-state index in [1.807, 2.05) is 25.7 Å². The number of hydrogen-bond donors (Lipinski definition) is 1. The molecule has 3 rings (SSSR count). The van der Waals surface area contributed by atoms with Crippen molar-refractivity contribution < 1.29 is 9.53 Å². The highest BCUT2D eigenvalue weighted by molar-refractivity contribution is 5.69. The third kappa shape index (κ3) is 4.05. The van der Waals surface area contributed by atoms with Gasteiger partial charge in [-0.2, -0.15) is 0 Å². The Kier molecular flexibility index (Phi) is 4.62.